The molecule has 1 amide bonds. The van der Waals surface area contributed by atoms with Crippen LogP contribution in [0.1, 0.15) is 17.2 Å². The number of para-hydroxylation sites is 1. The molecule has 3 nitrogen and oxygen atoms in total. The maximum Gasteiger partial charge on any atom is 0.225 e. The Hall–Kier alpha value is -1.81. The fourth-order valence-corrected chi connectivity index (χ4v) is 2.58. The minimum absolute atomic E-state index is 0.0117. The van der Waals surface area contributed by atoms with E-state index in [1.807, 2.05) is 48.5 Å². The normalized spacial score (nSPS) is 16.4. The smallest absolute Gasteiger partial charge is 0.225 e. The van der Waals surface area contributed by atoms with Gasteiger partial charge in [-0.1, -0.05) is 46.3 Å². The highest BCUT2D eigenvalue weighted by molar-refractivity contribution is 9.10. The van der Waals surface area contributed by atoms with E-state index in [1.54, 1.807) is 0 Å². The Morgan fingerprint density at radius 1 is 1.20 bits per heavy atom. The molecule has 20 heavy (non-hydrogen) atoms. The molecule has 1 aliphatic heterocycles. The quantitative estimate of drug-likeness (QED) is 0.937. The first-order valence-electron chi connectivity index (χ1n) is 6.48. The first-order chi connectivity index (χ1) is 9.72. The molecule has 3 rings (SSSR count). The van der Waals surface area contributed by atoms with E-state index in [0.717, 1.165) is 21.3 Å². The zero-order chi connectivity index (χ0) is 13.9. The van der Waals surface area contributed by atoms with Crippen LogP contribution >= 0.6 is 15.9 Å². The predicted octanol–water partition coefficient (Wildman–Crippen LogP) is 3.24. The highest BCUT2D eigenvalue weighted by Gasteiger charge is 2.24. The van der Waals surface area contributed by atoms with Crippen LogP contribution in [-0.4, -0.2) is 12.5 Å². The second-order valence-electron chi connectivity index (χ2n) is 4.77. The molecule has 1 aliphatic rings. The number of nitrogens with one attached hydrogen (secondary N) is 1. The number of halogens is 1. The van der Waals surface area contributed by atoms with Gasteiger partial charge in [0, 0.05) is 10.0 Å². The fourth-order valence-electron chi connectivity index (χ4n) is 2.32. The van der Waals surface area contributed by atoms with E-state index in [2.05, 4.69) is 21.2 Å². The lowest BCUT2D eigenvalue weighted by Gasteiger charge is -2.11. The van der Waals surface area contributed by atoms with Gasteiger partial charge in [-0.2, -0.15) is 0 Å². The van der Waals surface area contributed by atoms with Crippen LogP contribution in [0.15, 0.2) is 53.0 Å². The summed E-state index contributed by atoms with van der Waals surface area (Å²) in [4.78, 5) is 12.1. The number of benzene rings is 2. The monoisotopic (exact) mass is 331 g/mol. The third kappa shape index (κ3) is 2.85. The second-order valence-corrected chi connectivity index (χ2v) is 5.69. The maximum absolute atomic E-state index is 12.1. The molecule has 102 valence electrons. The molecule has 0 bridgehead atoms. The van der Waals surface area contributed by atoms with Crippen molar-refractivity contribution in [3.8, 4) is 5.75 Å². The summed E-state index contributed by atoms with van der Waals surface area (Å²) in [5.74, 6) is 0.874. The molecular formula is C16H14BrNO2. The van der Waals surface area contributed by atoms with Crippen LogP contribution in [0.4, 0.5) is 0 Å². The van der Waals surface area contributed by atoms with Crippen molar-refractivity contribution < 1.29 is 9.53 Å². The third-order valence-corrected chi connectivity index (χ3v) is 3.84. The largest absolute Gasteiger partial charge is 0.491 e. The van der Waals surface area contributed by atoms with Crippen molar-refractivity contribution in [1.29, 1.82) is 0 Å². The highest BCUT2D eigenvalue weighted by Crippen LogP contribution is 2.31. The van der Waals surface area contributed by atoms with E-state index < -0.39 is 0 Å². The van der Waals surface area contributed by atoms with Crippen LogP contribution in [0, 0.1) is 0 Å². The molecule has 1 N–H and O–H groups in total. The van der Waals surface area contributed by atoms with Crippen LogP contribution < -0.4 is 10.1 Å². The predicted molar refractivity (Wildman–Crippen MR) is 80.7 cm³/mol. The van der Waals surface area contributed by atoms with Crippen molar-refractivity contribution in [3.63, 3.8) is 0 Å². The number of carbonyl (C=O) groups is 1. The molecule has 0 aromatic heterocycles. The minimum Gasteiger partial charge on any atom is -0.491 e. The molecule has 0 fully saturated rings. The van der Waals surface area contributed by atoms with Crippen molar-refractivity contribution >= 4 is 21.8 Å². The molecule has 2 aromatic carbocycles. The zero-order valence-electron chi connectivity index (χ0n) is 10.8. The van der Waals surface area contributed by atoms with Gasteiger partial charge >= 0.3 is 0 Å². The Balaban J connectivity index is 1.64. The summed E-state index contributed by atoms with van der Waals surface area (Å²) in [6, 6.07) is 15.5. The lowest BCUT2D eigenvalue weighted by molar-refractivity contribution is -0.121. The summed E-state index contributed by atoms with van der Waals surface area (Å²) in [5.41, 5.74) is 2.05. The van der Waals surface area contributed by atoms with Gasteiger partial charge in [0.05, 0.1) is 12.5 Å². The lowest BCUT2D eigenvalue weighted by Crippen LogP contribution is -2.30. The van der Waals surface area contributed by atoms with Gasteiger partial charge in [-0.05, 0) is 23.8 Å². The molecule has 0 aliphatic carbocycles. The summed E-state index contributed by atoms with van der Waals surface area (Å²) in [6.07, 6.45) is 0.381. The van der Waals surface area contributed by atoms with Crippen molar-refractivity contribution in [2.45, 2.75) is 12.5 Å². The first-order valence-corrected chi connectivity index (χ1v) is 7.27. The average Bonchev–Trinajstić information content (AvgIpc) is 2.85. The van der Waals surface area contributed by atoms with E-state index in [9.17, 15) is 4.79 Å². The summed E-state index contributed by atoms with van der Waals surface area (Å²) >= 11 is 3.38. The third-order valence-electron chi connectivity index (χ3n) is 3.31. The number of hydrogen-bond donors (Lipinski definition) is 1. The molecular weight excluding hydrogens is 318 g/mol. The Labute approximate surface area is 126 Å². The topological polar surface area (TPSA) is 38.3 Å². The molecule has 0 spiro atoms. The maximum atomic E-state index is 12.1. The first kappa shape index (κ1) is 13.2. The Bertz CT molecular complexity index is 625. The Morgan fingerprint density at radius 2 is 1.95 bits per heavy atom. The molecule has 0 saturated heterocycles. The molecule has 1 unspecified atom stereocenters. The van der Waals surface area contributed by atoms with Crippen molar-refractivity contribution in [2.24, 2.45) is 0 Å². The van der Waals surface area contributed by atoms with Crippen LogP contribution in [0.2, 0.25) is 0 Å². The molecule has 0 saturated carbocycles. The van der Waals surface area contributed by atoms with Gasteiger partial charge in [0.1, 0.15) is 12.4 Å². The number of amides is 1. The standard InChI is InChI=1S/C16H14BrNO2/c17-12-7-5-11(6-8-12)9-16(19)18-14-10-20-15-4-2-1-3-13(14)15/h1-8,14H,9-10H2,(H,18,19). The van der Waals surface area contributed by atoms with Crippen molar-refractivity contribution in [2.75, 3.05) is 6.61 Å². The van der Waals surface area contributed by atoms with Gasteiger partial charge in [0.15, 0.2) is 0 Å². The van der Waals surface area contributed by atoms with Gasteiger partial charge in [-0.3, -0.25) is 4.79 Å². The van der Waals surface area contributed by atoms with E-state index in [1.165, 1.54) is 0 Å². The summed E-state index contributed by atoms with van der Waals surface area (Å²) in [5, 5.41) is 3.02. The number of hydrogen-bond acceptors (Lipinski definition) is 2. The molecule has 0 radical (unpaired) electrons. The second kappa shape index (κ2) is 5.67. The molecule has 1 heterocycles. The van der Waals surface area contributed by atoms with Crippen LogP contribution in [0.3, 0.4) is 0 Å². The average molecular weight is 332 g/mol. The molecule has 4 heteroatoms. The van der Waals surface area contributed by atoms with Crippen molar-refractivity contribution in [1.82, 2.24) is 5.32 Å². The van der Waals surface area contributed by atoms with Crippen LogP contribution in [0.5, 0.6) is 5.75 Å². The lowest BCUT2D eigenvalue weighted by atomic mass is 10.1. The summed E-state index contributed by atoms with van der Waals surface area (Å²) in [6.45, 7) is 0.505. The number of carbonyl (C=O) groups excluding carboxylic acids is 1. The zero-order valence-corrected chi connectivity index (χ0v) is 12.4. The van der Waals surface area contributed by atoms with Gasteiger partial charge < -0.3 is 10.1 Å². The SMILES string of the molecule is O=C(Cc1ccc(Br)cc1)NC1COc2ccccc21. The Kier molecular flexibility index (Phi) is 3.74. The summed E-state index contributed by atoms with van der Waals surface area (Å²) < 4.78 is 6.57. The van der Waals surface area contributed by atoms with E-state index >= 15 is 0 Å². The molecule has 2 aromatic rings. The van der Waals surface area contributed by atoms with Crippen LogP contribution in [-0.2, 0) is 11.2 Å². The highest BCUT2D eigenvalue weighted by atomic mass is 79.9. The number of fused-ring (bicyclic) bond motifs is 1. The van der Waals surface area contributed by atoms with E-state index in [0.29, 0.717) is 13.0 Å². The van der Waals surface area contributed by atoms with Gasteiger partial charge in [0.25, 0.3) is 0 Å². The minimum atomic E-state index is -0.0471. The van der Waals surface area contributed by atoms with E-state index in [4.69, 9.17) is 4.74 Å². The van der Waals surface area contributed by atoms with Crippen LogP contribution in [0.25, 0.3) is 0 Å². The summed E-state index contributed by atoms with van der Waals surface area (Å²) in [7, 11) is 0. The van der Waals surface area contributed by atoms with Gasteiger partial charge in [-0.15, -0.1) is 0 Å². The van der Waals surface area contributed by atoms with Gasteiger partial charge in [-0.25, -0.2) is 0 Å². The number of rotatable bonds is 3. The fraction of sp³-hybridized carbons (Fsp3) is 0.188. The molecule has 1 atom stereocenters. The van der Waals surface area contributed by atoms with Gasteiger partial charge in [0.2, 0.25) is 5.91 Å². The van der Waals surface area contributed by atoms with E-state index in [-0.39, 0.29) is 11.9 Å². The Morgan fingerprint density at radius 3 is 2.75 bits per heavy atom. The van der Waals surface area contributed by atoms with Crippen molar-refractivity contribution in [3.05, 3.63) is 64.1 Å². The number of ether oxygens (including phenoxy) is 1.